The summed E-state index contributed by atoms with van der Waals surface area (Å²) in [6.07, 6.45) is 3.02. The first kappa shape index (κ1) is 32.1. The van der Waals surface area contributed by atoms with Crippen molar-refractivity contribution in [1.29, 1.82) is 0 Å². The summed E-state index contributed by atoms with van der Waals surface area (Å²) in [6, 6.07) is 17.8. The van der Waals surface area contributed by atoms with E-state index in [0.717, 1.165) is 11.1 Å². The van der Waals surface area contributed by atoms with Gasteiger partial charge in [0.2, 0.25) is 23.6 Å². The van der Waals surface area contributed by atoms with Crippen LogP contribution in [0.2, 0.25) is 0 Å². The predicted molar refractivity (Wildman–Crippen MR) is 168 cm³/mol. The molecular weight excluding hydrogens is 588 g/mol. The maximum Gasteiger partial charge on any atom is 0.258 e. The van der Waals surface area contributed by atoms with Gasteiger partial charge in [0.05, 0.1) is 12.2 Å². The van der Waals surface area contributed by atoms with Crippen molar-refractivity contribution in [3.8, 4) is 5.75 Å². The number of hydrogen-bond donors (Lipinski definition) is 4. The first-order valence-electron chi connectivity index (χ1n) is 15.4. The Kier molecular flexibility index (Phi) is 10.6. The highest BCUT2D eigenvalue weighted by atomic mass is 16.5. The van der Waals surface area contributed by atoms with Crippen LogP contribution in [0, 0.1) is 0 Å². The van der Waals surface area contributed by atoms with Gasteiger partial charge in [-0.05, 0) is 55.2 Å². The van der Waals surface area contributed by atoms with E-state index in [1.54, 1.807) is 42.6 Å². The van der Waals surface area contributed by atoms with E-state index in [-0.39, 0.29) is 31.9 Å². The molecule has 0 saturated carbocycles. The number of carbonyl (C=O) groups excluding carboxylic acids is 5. The number of amides is 5. The van der Waals surface area contributed by atoms with E-state index in [1.165, 1.54) is 11.8 Å². The van der Waals surface area contributed by atoms with E-state index in [1.807, 2.05) is 36.4 Å². The molecular formula is C34H38N6O6. The molecule has 46 heavy (non-hydrogen) atoms. The topological polar surface area (TPSA) is 159 Å². The van der Waals surface area contributed by atoms with Crippen molar-refractivity contribution < 1.29 is 28.7 Å². The van der Waals surface area contributed by atoms with Crippen LogP contribution >= 0.6 is 0 Å². The molecule has 0 spiro atoms. The molecule has 6 rings (SSSR count). The second kappa shape index (κ2) is 15.2. The molecule has 3 aliphatic heterocycles. The second-order valence-electron chi connectivity index (χ2n) is 11.5. The largest absolute Gasteiger partial charge is 0.484 e. The van der Waals surface area contributed by atoms with Crippen LogP contribution in [0.15, 0.2) is 79.0 Å². The van der Waals surface area contributed by atoms with Crippen molar-refractivity contribution in [3.05, 3.63) is 95.8 Å². The number of carbonyl (C=O) groups is 5. The van der Waals surface area contributed by atoms with Crippen LogP contribution in [0.25, 0.3) is 0 Å². The minimum absolute atomic E-state index is 0.160. The fraction of sp³-hybridized carbons (Fsp3) is 0.353. The summed E-state index contributed by atoms with van der Waals surface area (Å²) in [7, 11) is 0. The maximum absolute atomic E-state index is 13.8. The summed E-state index contributed by atoms with van der Waals surface area (Å²) in [4.78, 5) is 72.6. The Balaban J connectivity index is 1.37. The molecule has 4 N–H and O–H groups in total. The third kappa shape index (κ3) is 8.46. The van der Waals surface area contributed by atoms with Crippen molar-refractivity contribution in [1.82, 2.24) is 31.2 Å². The molecule has 4 atom stereocenters. The first-order chi connectivity index (χ1) is 22.3. The molecule has 1 fully saturated rings. The summed E-state index contributed by atoms with van der Waals surface area (Å²) < 4.78 is 5.71. The van der Waals surface area contributed by atoms with Gasteiger partial charge in [-0.2, -0.15) is 0 Å². The normalized spacial score (nSPS) is 22.7. The van der Waals surface area contributed by atoms with E-state index in [9.17, 15) is 24.0 Å². The lowest BCUT2D eigenvalue weighted by Gasteiger charge is -2.29. The average molecular weight is 627 g/mol. The summed E-state index contributed by atoms with van der Waals surface area (Å²) >= 11 is 0. The van der Waals surface area contributed by atoms with Gasteiger partial charge in [0.25, 0.3) is 5.91 Å². The monoisotopic (exact) mass is 626 g/mol. The van der Waals surface area contributed by atoms with Gasteiger partial charge in [-0.1, -0.05) is 48.5 Å². The standard InChI is InChI=1S/C34H38N6O6/c1-22-31(42)39-27(32(43)36-20-25-10-5-6-16-35-25)18-24-12-14-26(15-13-24)46-21-30(41)38-28(19-23-8-3-2-4-9-23)34(45)40-17-7-11-29(40)33(44)37-22/h2-6,8-10,12-16,22,27-29H,7,11,17-21H2,1H3,(H,36,43)(H,37,44)(H,38,41)(H,39,42)/t22-,27-,28+,29+/m0/s1. The molecule has 12 heteroatoms. The fourth-order valence-electron chi connectivity index (χ4n) is 5.58. The Morgan fingerprint density at radius 3 is 2.43 bits per heavy atom. The Hall–Kier alpha value is -5.26. The maximum atomic E-state index is 13.8. The number of ether oxygens (including phenoxy) is 1. The number of hydrogen-bond acceptors (Lipinski definition) is 7. The summed E-state index contributed by atoms with van der Waals surface area (Å²) in [5, 5.41) is 11.1. The van der Waals surface area contributed by atoms with Gasteiger partial charge >= 0.3 is 0 Å². The van der Waals surface area contributed by atoms with Gasteiger partial charge in [-0.15, -0.1) is 0 Å². The molecule has 0 aliphatic carbocycles. The predicted octanol–water partition coefficient (Wildman–Crippen LogP) is 1.04. The van der Waals surface area contributed by atoms with E-state index in [4.69, 9.17) is 4.74 Å². The average Bonchev–Trinajstić information content (AvgIpc) is 3.57. The number of fused-ring (bicyclic) bond motifs is 13. The fourth-order valence-corrected chi connectivity index (χ4v) is 5.58. The zero-order chi connectivity index (χ0) is 32.5. The minimum Gasteiger partial charge on any atom is -0.484 e. The number of aromatic nitrogens is 1. The third-order valence-electron chi connectivity index (χ3n) is 8.04. The van der Waals surface area contributed by atoms with Gasteiger partial charge in [-0.25, -0.2) is 0 Å². The summed E-state index contributed by atoms with van der Waals surface area (Å²) in [5.74, 6) is -1.90. The third-order valence-corrected chi connectivity index (χ3v) is 8.04. The molecule has 3 aliphatic rings. The Bertz CT molecular complexity index is 1530. The van der Waals surface area contributed by atoms with Crippen LogP contribution in [0.3, 0.4) is 0 Å². The number of pyridine rings is 1. The van der Waals surface area contributed by atoms with Crippen molar-refractivity contribution in [2.75, 3.05) is 13.2 Å². The van der Waals surface area contributed by atoms with Gasteiger partial charge in [0.1, 0.15) is 29.9 Å². The van der Waals surface area contributed by atoms with Crippen molar-refractivity contribution in [3.63, 3.8) is 0 Å². The highest BCUT2D eigenvalue weighted by molar-refractivity contribution is 5.96. The first-order valence-corrected chi connectivity index (χ1v) is 15.4. The Labute approximate surface area is 267 Å². The SMILES string of the molecule is C[C@@H]1NC(=O)[C@H]2CCCN2C(=O)[C@@H](Cc2ccccc2)NC(=O)COc2ccc(cc2)C[C@@H](C(=O)NCc2ccccn2)NC1=O. The molecule has 0 unspecified atom stereocenters. The van der Waals surface area contributed by atoms with Gasteiger partial charge < -0.3 is 30.9 Å². The smallest absolute Gasteiger partial charge is 0.258 e. The van der Waals surface area contributed by atoms with E-state index < -0.39 is 47.8 Å². The van der Waals surface area contributed by atoms with Crippen molar-refractivity contribution in [2.45, 2.75) is 63.3 Å². The number of nitrogens with one attached hydrogen (secondary N) is 4. The van der Waals surface area contributed by atoms with Crippen LogP contribution in [0.4, 0.5) is 0 Å². The van der Waals surface area contributed by atoms with Crippen molar-refractivity contribution >= 4 is 29.5 Å². The molecule has 5 amide bonds. The van der Waals surface area contributed by atoms with E-state index >= 15 is 0 Å². The molecule has 1 aromatic heterocycles. The van der Waals surface area contributed by atoms with Crippen LogP contribution in [0.5, 0.6) is 5.75 Å². The lowest BCUT2D eigenvalue weighted by atomic mass is 10.0. The highest BCUT2D eigenvalue weighted by Gasteiger charge is 2.38. The highest BCUT2D eigenvalue weighted by Crippen LogP contribution is 2.20. The molecule has 0 radical (unpaired) electrons. The molecule has 2 aromatic carbocycles. The van der Waals surface area contributed by atoms with E-state index in [0.29, 0.717) is 30.8 Å². The Morgan fingerprint density at radius 1 is 0.935 bits per heavy atom. The van der Waals surface area contributed by atoms with Gasteiger partial charge in [0.15, 0.2) is 6.61 Å². The Morgan fingerprint density at radius 2 is 1.70 bits per heavy atom. The molecule has 3 aromatic rings. The minimum atomic E-state index is -0.992. The molecule has 4 heterocycles. The van der Waals surface area contributed by atoms with Crippen LogP contribution in [0.1, 0.15) is 36.6 Å². The lowest BCUT2D eigenvalue weighted by molar-refractivity contribution is -0.142. The van der Waals surface area contributed by atoms with Gasteiger partial charge in [0, 0.05) is 25.6 Å². The molecule has 240 valence electrons. The molecule has 12 nitrogen and oxygen atoms in total. The number of rotatable bonds is 5. The summed E-state index contributed by atoms with van der Waals surface area (Å²) in [5.41, 5.74) is 2.24. The van der Waals surface area contributed by atoms with Crippen LogP contribution in [-0.2, 0) is 43.4 Å². The van der Waals surface area contributed by atoms with E-state index in [2.05, 4.69) is 26.3 Å². The number of nitrogens with zero attached hydrogens (tertiary/aromatic N) is 2. The van der Waals surface area contributed by atoms with Crippen LogP contribution < -0.4 is 26.0 Å². The zero-order valence-corrected chi connectivity index (χ0v) is 25.6. The quantitative estimate of drug-likeness (QED) is 0.330. The summed E-state index contributed by atoms with van der Waals surface area (Å²) in [6.45, 7) is 1.71. The number of benzene rings is 2. The lowest BCUT2D eigenvalue weighted by Crippen LogP contribution is -2.57. The van der Waals surface area contributed by atoms with Crippen LogP contribution in [-0.4, -0.2) is 76.7 Å². The zero-order valence-electron chi connectivity index (χ0n) is 25.6. The van der Waals surface area contributed by atoms with Crippen molar-refractivity contribution in [2.24, 2.45) is 0 Å². The second-order valence-corrected chi connectivity index (χ2v) is 11.5. The van der Waals surface area contributed by atoms with Gasteiger partial charge in [-0.3, -0.25) is 29.0 Å². The molecule has 2 bridgehead atoms. The molecule has 1 saturated heterocycles.